The summed E-state index contributed by atoms with van der Waals surface area (Å²) in [5.74, 6) is 2.33. The van der Waals surface area contributed by atoms with E-state index in [9.17, 15) is 4.79 Å². The fourth-order valence-corrected chi connectivity index (χ4v) is 4.94. The zero-order chi connectivity index (χ0) is 19.7. The van der Waals surface area contributed by atoms with Gasteiger partial charge in [0.05, 0.1) is 28.9 Å². The zero-order valence-corrected chi connectivity index (χ0v) is 17.3. The van der Waals surface area contributed by atoms with E-state index in [1.165, 1.54) is 22.7 Å². The molecule has 1 N–H and O–H groups in total. The number of hydrogen-bond donors (Lipinski definition) is 1. The van der Waals surface area contributed by atoms with Gasteiger partial charge in [-0.05, 0) is 37.3 Å². The molecule has 144 valence electrons. The molecule has 0 saturated carbocycles. The lowest BCUT2D eigenvalue weighted by molar-refractivity contribution is 0.0780. The summed E-state index contributed by atoms with van der Waals surface area (Å²) < 4.78 is 11.9. The first-order valence-corrected chi connectivity index (χ1v) is 10.3. The Kier molecular flexibility index (Phi) is 5.06. The molecule has 3 aromatic heterocycles. The van der Waals surface area contributed by atoms with E-state index in [4.69, 9.17) is 9.15 Å². The summed E-state index contributed by atoms with van der Waals surface area (Å²) >= 11 is 2.91. The number of thiazole rings is 1. The minimum atomic E-state index is -0.0384. The fourth-order valence-electron chi connectivity index (χ4n) is 2.82. The SMILES string of the molecule is COc1ccccc1Nc1nc2sc(C(=O)N(C)Cc3ccc(C)o3)cc2s1. The summed E-state index contributed by atoms with van der Waals surface area (Å²) in [5.41, 5.74) is 0.858. The van der Waals surface area contributed by atoms with Crippen LogP contribution in [0.3, 0.4) is 0 Å². The van der Waals surface area contributed by atoms with Crippen molar-refractivity contribution in [2.24, 2.45) is 0 Å². The number of hydrogen-bond acceptors (Lipinski definition) is 7. The number of nitrogens with zero attached hydrogens (tertiary/aromatic N) is 2. The number of thiophene rings is 1. The first-order chi connectivity index (χ1) is 13.5. The maximum absolute atomic E-state index is 12.7. The number of rotatable bonds is 6. The highest BCUT2D eigenvalue weighted by Crippen LogP contribution is 2.36. The van der Waals surface area contributed by atoms with E-state index < -0.39 is 0 Å². The number of nitrogens with one attached hydrogen (secondary N) is 1. The van der Waals surface area contributed by atoms with Crippen molar-refractivity contribution in [3.63, 3.8) is 0 Å². The van der Waals surface area contributed by atoms with E-state index in [1.54, 1.807) is 19.1 Å². The quantitative estimate of drug-likeness (QED) is 0.466. The van der Waals surface area contributed by atoms with Gasteiger partial charge in [0.25, 0.3) is 5.91 Å². The second-order valence-corrected chi connectivity index (χ2v) is 8.36. The number of anilines is 2. The molecule has 0 fully saturated rings. The molecule has 4 aromatic rings. The van der Waals surface area contributed by atoms with Crippen LogP contribution in [0.5, 0.6) is 5.75 Å². The Labute approximate surface area is 170 Å². The molecule has 28 heavy (non-hydrogen) atoms. The molecule has 0 saturated heterocycles. The highest BCUT2D eigenvalue weighted by Gasteiger charge is 2.18. The average Bonchev–Trinajstić information content (AvgIpc) is 3.36. The minimum absolute atomic E-state index is 0.0384. The van der Waals surface area contributed by atoms with Gasteiger partial charge < -0.3 is 19.4 Å². The molecule has 0 unspecified atom stereocenters. The third kappa shape index (κ3) is 3.74. The van der Waals surface area contributed by atoms with E-state index >= 15 is 0 Å². The van der Waals surface area contributed by atoms with Gasteiger partial charge in [0, 0.05) is 7.05 Å². The van der Waals surface area contributed by atoms with Crippen molar-refractivity contribution < 1.29 is 13.9 Å². The first kappa shape index (κ1) is 18.5. The van der Waals surface area contributed by atoms with Gasteiger partial charge in [0.1, 0.15) is 22.1 Å². The van der Waals surface area contributed by atoms with Crippen molar-refractivity contribution in [1.82, 2.24) is 9.88 Å². The van der Waals surface area contributed by atoms with Crippen LogP contribution in [-0.2, 0) is 6.54 Å². The van der Waals surface area contributed by atoms with E-state index in [0.717, 1.165) is 37.6 Å². The van der Waals surface area contributed by atoms with Crippen molar-refractivity contribution in [1.29, 1.82) is 0 Å². The van der Waals surface area contributed by atoms with Crippen LogP contribution < -0.4 is 10.1 Å². The van der Waals surface area contributed by atoms with Gasteiger partial charge in [0.2, 0.25) is 0 Å². The zero-order valence-electron chi connectivity index (χ0n) is 15.7. The predicted molar refractivity (Wildman–Crippen MR) is 113 cm³/mol. The van der Waals surface area contributed by atoms with Crippen LogP contribution in [0.4, 0.5) is 10.8 Å². The Morgan fingerprint density at radius 1 is 1.25 bits per heavy atom. The number of para-hydroxylation sites is 2. The number of methoxy groups -OCH3 is 1. The molecule has 6 nitrogen and oxygen atoms in total. The van der Waals surface area contributed by atoms with Gasteiger partial charge in [-0.3, -0.25) is 4.79 Å². The molecule has 4 rings (SSSR count). The number of carbonyl (C=O) groups is 1. The molecule has 1 aromatic carbocycles. The van der Waals surface area contributed by atoms with Gasteiger partial charge in [-0.1, -0.05) is 23.5 Å². The second-order valence-electron chi connectivity index (χ2n) is 6.30. The lowest BCUT2D eigenvalue weighted by Gasteiger charge is -2.14. The standard InChI is InChI=1S/C20H19N3O3S2/c1-12-8-9-13(26-12)11-23(2)19(24)17-10-16-18(27-17)22-20(28-16)21-14-6-4-5-7-15(14)25-3/h4-10H,11H2,1-3H3,(H,21,22). The molecule has 1 amide bonds. The van der Waals surface area contributed by atoms with Crippen LogP contribution in [0.2, 0.25) is 0 Å². The number of carbonyl (C=O) groups excluding carboxylic acids is 1. The molecular weight excluding hydrogens is 394 g/mol. The Balaban J connectivity index is 1.49. The second kappa shape index (κ2) is 7.65. The lowest BCUT2D eigenvalue weighted by Crippen LogP contribution is -2.25. The van der Waals surface area contributed by atoms with E-state index in [-0.39, 0.29) is 5.91 Å². The van der Waals surface area contributed by atoms with E-state index in [2.05, 4.69) is 10.3 Å². The Hall–Kier alpha value is -2.84. The molecule has 0 bridgehead atoms. The van der Waals surface area contributed by atoms with Crippen molar-refractivity contribution in [2.75, 3.05) is 19.5 Å². The number of ether oxygens (including phenoxy) is 1. The molecule has 8 heteroatoms. The Morgan fingerprint density at radius 3 is 2.79 bits per heavy atom. The summed E-state index contributed by atoms with van der Waals surface area (Å²) in [5, 5.41) is 4.05. The Bertz CT molecular complexity index is 1100. The van der Waals surface area contributed by atoms with Crippen molar-refractivity contribution >= 4 is 48.9 Å². The number of aromatic nitrogens is 1. The molecular formula is C20H19N3O3S2. The van der Waals surface area contributed by atoms with Gasteiger partial charge in [-0.2, -0.15) is 0 Å². The number of fused-ring (bicyclic) bond motifs is 1. The summed E-state index contributed by atoms with van der Waals surface area (Å²) in [7, 11) is 3.41. The average molecular weight is 414 g/mol. The van der Waals surface area contributed by atoms with E-state index in [0.29, 0.717) is 11.4 Å². The molecule has 0 aliphatic rings. The van der Waals surface area contributed by atoms with Crippen LogP contribution in [0.15, 0.2) is 46.9 Å². The molecule has 0 radical (unpaired) electrons. The summed E-state index contributed by atoms with van der Waals surface area (Å²) in [6, 6.07) is 13.4. The van der Waals surface area contributed by atoms with Gasteiger partial charge in [0.15, 0.2) is 5.13 Å². The third-order valence-electron chi connectivity index (χ3n) is 4.18. The molecule has 0 aliphatic carbocycles. The summed E-state index contributed by atoms with van der Waals surface area (Å²) in [6.07, 6.45) is 0. The minimum Gasteiger partial charge on any atom is -0.495 e. The topological polar surface area (TPSA) is 67.6 Å². The summed E-state index contributed by atoms with van der Waals surface area (Å²) in [4.78, 5) is 20.5. The number of furan rings is 1. The fraction of sp³-hybridized carbons (Fsp3) is 0.200. The maximum Gasteiger partial charge on any atom is 0.264 e. The highest BCUT2D eigenvalue weighted by atomic mass is 32.1. The highest BCUT2D eigenvalue weighted by molar-refractivity contribution is 7.29. The van der Waals surface area contributed by atoms with Crippen LogP contribution >= 0.6 is 22.7 Å². The monoisotopic (exact) mass is 413 g/mol. The van der Waals surface area contributed by atoms with Gasteiger partial charge in [-0.25, -0.2) is 4.98 Å². The number of benzene rings is 1. The largest absolute Gasteiger partial charge is 0.495 e. The van der Waals surface area contributed by atoms with Gasteiger partial charge in [-0.15, -0.1) is 11.3 Å². The van der Waals surface area contributed by atoms with Crippen molar-refractivity contribution in [3.8, 4) is 5.75 Å². The Morgan fingerprint density at radius 2 is 2.07 bits per heavy atom. The summed E-state index contributed by atoms with van der Waals surface area (Å²) in [6.45, 7) is 2.33. The smallest absolute Gasteiger partial charge is 0.264 e. The number of aryl methyl sites for hydroxylation is 1. The lowest BCUT2D eigenvalue weighted by atomic mass is 10.3. The normalized spacial score (nSPS) is 11.0. The van der Waals surface area contributed by atoms with Crippen molar-refractivity contribution in [3.05, 3.63) is 58.9 Å². The van der Waals surface area contributed by atoms with Crippen molar-refractivity contribution in [2.45, 2.75) is 13.5 Å². The van der Waals surface area contributed by atoms with Crippen LogP contribution in [0.1, 0.15) is 21.2 Å². The van der Waals surface area contributed by atoms with Crippen LogP contribution in [0, 0.1) is 6.92 Å². The molecule has 0 aliphatic heterocycles. The predicted octanol–water partition coefficient (Wildman–Crippen LogP) is 5.28. The number of amides is 1. The van der Waals surface area contributed by atoms with Crippen LogP contribution in [-0.4, -0.2) is 29.9 Å². The molecule has 3 heterocycles. The van der Waals surface area contributed by atoms with Crippen LogP contribution in [0.25, 0.3) is 9.53 Å². The van der Waals surface area contributed by atoms with E-state index in [1.807, 2.05) is 49.4 Å². The van der Waals surface area contributed by atoms with Gasteiger partial charge >= 0.3 is 0 Å². The third-order valence-corrected chi connectivity index (χ3v) is 6.25. The molecule has 0 atom stereocenters. The molecule has 0 spiro atoms. The first-order valence-electron chi connectivity index (χ1n) is 8.64. The maximum atomic E-state index is 12.7.